The summed E-state index contributed by atoms with van der Waals surface area (Å²) >= 11 is 0. The first-order valence-electron chi connectivity index (χ1n) is 7.33. The highest BCUT2D eigenvalue weighted by Crippen LogP contribution is 2.11. The Morgan fingerprint density at radius 1 is 1.11 bits per heavy atom. The van der Waals surface area contributed by atoms with Gasteiger partial charge in [-0.1, -0.05) is 30.5 Å². The molecule has 0 unspecified atom stereocenters. The smallest absolute Gasteiger partial charge is 0.225 e. The zero-order valence-corrected chi connectivity index (χ0v) is 11.8. The normalized spacial score (nSPS) is 16.9. The Bertz CT molecular complexity index is 392. The molecule has 1 N–H and O–H groups in total. The quantitative estimate of drug-likeness (QED) is 0.901. The van der Waals surface area contributed by atoms with Crippen LogP contribution in [0.25, 0.3) is 0 Å². The molecule has 2 rings (SSSR count). The zero-order valence-electron chi connectivity index (χ0n) is 11.8. The molecule has 3 heteroatoms. The van der Waals surface area contributed by atoms with Gasteiger partial charge in [-0.15, -0.1) is 0 Å². The molecular formula is C16H24N2O. The van der Waals surface area contributed by atoms with Crippen molar-refractivity contribution in [2.45, 2.75) is 39.0 Å². The highest BCUT2D eigenvalue weighted by Gasteiger charge is 2.10. The number of likely N-dealkylation sites (tertiary alicyclic amines) is 1. The molecule has 0 aliphatic carbocycles. The molecular weight excluding hydrogens is 236 g/mol. The topological polar surface area (TPSA) is 32.3 Å². The standard InChI is InChI=1S/C16H24N2O/c1-14-6-8-15(9-7-14)17-16(19)10-13-18-11-4-2-3-5-12-18/h6-9H,2-5,10-13H2,1H3,(H,17,19). The number of carbonyl (C=O) groups excluding carboxylic acids is 1. The largest absolute Gasteiger partial charge is 0.326 e. The number of aryl methyl sites for hydroxylation is 1. The molecule has 19 heavy (non-hydrogen) atoms. The van der Waals surface area contributed by atoms with Gasteiger partial charge in [-0.25, -0.2) is 0 Å². The van der Waals surface area contributed by atoms with Gasteiger partial charge in [0.1, 0.15) is 0 Å². The van der Waals surface area contributed by atoms with Crippen LogP contribution >= 0.6 is 0 Å². The minimum Gasteiger partial charge on any atom is -0.326 e. The van der Waals surface area contributed by atoms with Crippen LogP contribution in [-0.2, 0) is 4.79 Å². The minimum absolute atomic E-state index is 0.119. The second-order valence-corrected chi connectivity index (χ2v) is 5.42. The first-order chi connectivity index (χ1) is 9.24. The van der Waals surface area contributed by atoms with Gasteiger partial charge in [-0.3, -0.25) is 4.79 Å². The maximum Gasteiger partial charge on any atom is 0.225 e. The number of rotatable bonds is 4. The van der Waals surface area contributed by atoms with Crippen LogP contribution in [0.3, 0.4) is 0 Å². The van der Waals surface area contributed by atoms with Crippen LogP contribution in [-0.4, -0.2) is 30.4 Å². The van der Waals surface area contributed by atoms with E-state index in [0.29, 0.717) is 6.42 Å². The number of anilines is 1. The molecule has 1 aliphatic heterocycles. The van der Waals surface area contributed by atoms with Crippen molar-refractivity contribution >= 4 is 11.6 Å². The van der Waals surface area contributed by atoms with E-state index >= 15 is 0 Å². The van der Waals surface area contributed by atoms with E-state index in [-0.39, 0.29) is 5.91 Å². The molecule has 0 spiro atoms. The maximum absolute atomic E-state index is 11.9. The van der Waals surface area contributed by atoms with Gasteiger partial charge in [0.2, 0.25) is 5.91 Å². The van der Waals surface area contributed by atoms with Gasteiger partial charge < -0.3 is 10.2 Å². The third-order valence-corrected chi connectivity index (χ3v) is 3.69. The monoisotopic (exact) mass is 260 g/mol. The molecule has 0 atom stereocenters. The van der Waals surface area contributed by atoms with Crippen molar-refractivity contribution in [3.05, 3.63) is 29.8 Å². The lowest BCUT2D eigenvalue weighted by molar-refractivity contribution is -0.116. The van der Waals surface area contributed by atoms with E-state index in [0.717, 1.165) is 25.3 Å². The number of hydrogen-bond acceptors (Lipinski definition) is 2. The summed E-state index contributed by atoms with van der Waals surface area (Å²) in [6.45, 7) is 5.23. The molecule has 0 aromatic heterocycles. The van der Waals surface area contributed by atoms with Crippen molar-refractivity contribution in [1.29, 1.82) is 0 Å². The Balaban J connectivity index is 1.73. The molecule has 0 saturated carbocycles. The summed E-state index contributed by atoms with van der Waals surface area (Å²) in [4.78, 5) is 14.3. The van der Waals surface area contributed by atoms with Gasteiger partial charge in [0.05, 0.1) is 0 Å². The summed E-state index contributed by atoms with van der Waals surface area (Å²) in [6, 6.07) is 7.95. The van der Waals surface area contributed by atoms with Crippen LogP contribution in [0.4, 0.5) is 5.69 Å². The first-order valence-corrected chi connectivity index (χ1v) is 7.33. The highest BCUT2D eigenvalue weighted by molar-refractivity contribution is 5.90. The number of carbonyl (C=O) groups is 1. The van der Waals surface area contributed by atoms with Crippen molar-refractivity contribution in [2.24, 2.45) is 0 Å². The summed E-state index contributed by atoms with van der Waals surface area (Å²) in [5.41, 5.74) is 2.11. The van der Waals surface area contributed by atoms with E-state index in [9.17, 15) is 4.79 Å². The van der Waals surface area contributed by atoms with Crippen molar-refractivity contribution in [1.82, 2.24) is 4.90 Å². The molecule has 0 bridgehead atoms. The molecule has 1 aromatic carbocycles. The second-order valence-electron chi connectivity index (χ2n) is 5.42. The van der Waals surface area contributed by atoms with Gasteiger partial charge in [0.15, 0.2) is 0 Å². The lowest BCUT2D eigenvalue weighted by Gasteiger charge is -2.19. The Morgan fingerprint density at radius 2 is 1.74 bits per heavy atom. The van der Waals surface area contributed by atoms with E-state index < -0.39 is 0 Å². The summed E-state index contributed by atoms with van der Waals surface area (Å²) in [7, 11) is 0. The Hall–Kier alpha value is -1.35. The van der Waals surface area contributed by atoms with Crippen LogP contribution in [0.5, 0.6) is 0 Å². The third-order valence-electron chi connectivity index (χ3n) is 3.69. The molecule has 3 nitrogen and oxygen atoms in total. The van der Waals surface area contributed by atoms with Gasteiger partial charge in [0, 0.05) is 18.7 Å². The van der Waals surface area contributed by atoms with E-state index in [1.54, 1.807) is 0 Å². The van der Waals surface area contributed by atoms with Gasteiger partial charge in [-0.2, -0.15) is 0 Å². The predicted molar refractivity (Wildman–Crippen MR) is 79.3 cm³/mol. The zero-order chi connectivity index (χ0) is 13.5. The number of benzene rings is 1. The first kappa shape index (κ1) is 14.1. The lowest BCUT2D eigenvalue weighted by atomic mass is 10.2. The number of nitrogens with one attached hydrogen (secondary N) is 1. The summed E-state index contributed by atoms with van der Waals surface area (Å²) < 4.78 is 0. The van der Waals surface area contributed by atoms with E-state index in [2.05, 4.69) is 10.2 Å². The second kappa shape index (κ2) is 7.29. The van der Waals surface area contributed by atoms with Gasteiger partial charge in [-0.05, 0) is 45.0 Å². The Labute approximate surface area is 116 Å². The SMILES string of the molecule is Cc1ccc(NC(=O)CCN2CCCCCC2)cc1. The Kier molecular flexibility index (Phi) is 5.40. The van der Waals surface area contributed by atoms with Crippen LogP contribution in [0.2, 0.25) is 0 Å². The highest BCUT2D eigenvalue weighted by atomic mass is 16.1. The fourth-order valence-electron chi connectivity index (χ4n) is 2.48. The molecule has 1 fully saturated rings. The molecule has 104 valence electrons. The number of amides is 1. The van der Waals surface area contributed by atoms with Crippen molar-refractivity contribution in [2.75, 3.05) is 25.0 Å². The van der Waals surface area contributed by atoms with E-state index in [1.807, 2.05) is 31.2 Å². The van der Waals surface area contributed by atoms with Crippen molar-refractivity contribution in [3.8, 4) is 0 Å². The van der Waals surface area contributed by atoms with Crippen molar-refractivity contribution in [3.63, 3.8) is 0 Å². The number of nitrogens with zero attached hydrogens (tertiary/aromatic N) is 1. The van der Waals surface area contributed by atoms with Crippen LogP contribution < -0.4 is 5.32 Å². The summed E-state index contributed by atoms with van der Waals surface area (Å²) in [5.74, 6) is 0.119. The molecule has 1 amide bonds. The fourth-order valence-corrected chi connectivity index (χ4v) is 2.48. The lowest BCUT2D eigenvalue weighted by Crippen LogP contribution is -2.28. The molecule has 1 heterocycles. The Morgan fingerprint density at radius 3 is 2.37 bits per heavy atom. The maximum atomic E-state index is 11.9. The number of hydrogen-bond donors (Lipinski definition) is 1. The van der Waals surface area contributed by atoms with Gasteiger partial charge >= 0.3 is 0 Å². The van der Waals surface area contributed by atoms with Crippen LogP contribution in [0.15, 0.2) is 24.3 Å². The van der Waals surface area contributed by atoms with Gasteiger partial charge in [0.25, 0.3) is 0 Å². The average molecular weight is 260 g/mol. The summed E-state index contributed by atoms with van der Waals surface area (Å²) in [6.07, 6.45) is 5.82. The molecule has 1 aromatic rings. The average Bonchev–Trinajstić information content (AvgIpc) is 2.68. The minimum atomic E-state index is 0.119. The van der Waals surface area contributed by atoms with E-state index in [1.165, 1.54) is 31.2 Å². The van der Waals surface area contributed by atoms with Crippen molar-refractivity contribution < 1.29 is 4.79 Å². The molecule has 0 radical (unpaired) electrons. The van der Waals surface area contributed by atoms with E-state index in [4.69, 9.17) is 0 Å². The van der Waals surface area contributed by atoms with Crippen LogP contribution in [0, 0.1) is 6.92 Å². The summed E-state index contributed by atoms with van der Waals surface area (Å²) in [5, 5.41) is 2.96. The third kappa shape index (κ3) is 5.03. The fraction of sp³-hybridized carbons (Fsp3) is 0.562. The predicted octanol–water partition coefficient (Wildman–Crippen LogP) is 3.20. The molecule has 1 saturated heterocycles. The molecule has 1 aliphatic rings. The van der Waals surface area contributed by atoms with Crippen LogP contribution in [0.1, 0.15) is 37.7 Å².